The number of aliphatic carboxylic acids is 1. The maximum Gasteiger partial charge on any atom is 0.312 e. The van der Waals surface area contributed by atoms with E-state index in [0.717, 1.165) is 50.8 Å². The first kappa shape index (κ1) is 33.3. The van der Waals surface area contributed by atoms with Gasteiger partial charge in [0.05, 0.1) is 23.9 Å². The number of nitrogens with one attached hydrogen (secondary N) is 1. The molecule has 5 fully saturated rings. The minimum atomic E-state index is -1.14. The van der Waals surface area contributed by atoms with Crippen LogP contribution in [0.5, 0.6) is 0 Å². The predicted octanol–water partition coefficient (Wildman–Crippen LogP) is 7.72. The van der Waals surface area contributed by atoms with Crippen molar-refractivity contribution in [2.45, 2.75) is 143 Å². The minimum Gasteiger partial charge on any atom is -0.481 e. The maximum absolute atomic E-state index is 13.1. The van der Waals surface area contributed by atoms with Crippen molar-refractivity contribution in [1.82, 2.24) is 5.32 Å². The fourth-order valence-corrected chi connectivity index (χ4v) is 13.0. The summed E-state index contributed by atoms with van der Waals surface area (Å²) in [6.07, 6.45) is 15.8. The topological polar surface area (TPSA) is 89.2 Å². The predicted molar refractivity (Wildman–Crippen MR) is 176 cm³/mol. The lowest BCUT2D eigenvalue weighted by molar-refractivity contribution is -0.246. The molecule has 10 atom stereocenters. The van der Waals surface area contributed by atoms with Crippen LogP contribution in [0.1, 0.15) is 131 Å². The monoisotopic (exact) mass is 625 g/mol. The molecule has 7 nitrogen and oxygen atoms in total. The highest BCUT2D eigenvalue weighted by Crippen LogP contribution is 2.79. The quantitative estimate of drug-likeness (QED) is 0.181. The molecule has 1 spiro atoms. The van der Waals surface area contributed by atoms with E-state index in [1.165, 1.54) is 64.2 Å². The van der Waals surface area contributed by atoms with Crippen molar-refractivity contribution in [3.05, 3.63) is 4.85 Å². The molecule has 7 heteroatoms. The second kappa shape index (κ2) is 11.2. The fraction of sp³-hybridized carbons (Fsp3) is 0.921. The van der Waals surface area contributed by atoms with Crippen LogP contribution in [0.2, 0.25) is 0 Å². The highest BCUT2D eigenvalue weighted by atomic mass is 16.5. The molecule has 5 saturated carbocycles. The van der Waals surface area contributed by atoms with Gasteiger partial charge < -0.3 is 19.9 Å². The average Bonchev–Trinajstić information content (AvgIpc) is 3.40. The summed E-state index contributed by atoms with van der Waals surface area (Å²) in [6.45, 7) is 16.2. The average molecular weight is 626 g/mol. The van der Waals surface area contributed by atoms with Gasteiger partial charge in [0.15, 0.2) is 0 Å². The van der Waals surface area contributed by atoms with Crippen LogP contribution < -0.4 is 5.32 Å². The summed E-state index contributed by atoms with van der Waals surface area (Å²) in [7, 11) is 1.77. The largest absolute Gasteiger partial charge is 0.481 e. The van der Waals surface area contributed by atoms with Crippen LogP contribution in [0.3, 0.4) is 0 Å². The van der Waals surface area contributed by atoms with Gasteiger partial charge in [0, 0.05) is 20.1 Å². The molecular formula is C38H61N2O5+. The van der Waals surface area contributed by atoms with Gasteiger partial charge in [-0.2, -0.15) is 0 Å². The van der Waals surface area contributed by atoms with E-state index in [9.17, 15) is 14.7 Å². The number of carboxylic acid groups (broad SMARTS) is 1. The molecule has 1 aliphatic heterocycles. The van der Waals surface area contributed by atoms with Crippen molar-refractivity contribution >= 4 is 11.9 Å². The van der Waals surface area contributed by atoms with Crippen LogP contribution in [-0.4, -0.2) is 55.5 Å². The van der Waals surface area contributed by atoms with E-state index in [1.807, 2.05) is 0 Å². The van der Waals surface area contributed by atoms with Gasteiger partial charge in [-0.1, -0.05) is 32.0 Å². The number of carbonyl (C=O) groups is 2. The first-order chi connectivity index (χ1) is 21.1. The van der Waals surface area contributed by atoms with Gasteiger partial charge >= 0.3 is 17.5 Å². The van der Waals surface area contributed by atoms with Crippen LogP contribution in [0.25, 0.3) is 4.85 Å². The Morgan fingerprint density at radius 2 is 1.67 bits per heavy atom. The molecule has 0 saturated heterocycles. The number of esters is 1. The van der Waals surface area contributed by atoms with Crippen molar-refractivity contribution in [3.8, 4) is 6.07 Å². The number of carboxylic acids is 1. The van der Waals surface area contributed by atoms with E-state index in [0.29, 0.717) is 16.7 Å². The minimum absolute atomic E-state index is 0.0370. The fourth-order valence-electron chi connectivity index (χ4n) is 13.0. The van der Waals surface area contributed by atoms with Crippen molar-refractivity contribution in [2.24, 2.45) is 50.2 Å². The molecule has 45 heavy (non-hydrogen) atoms. The molecule has 2 N–H and O–H groups in total. The highest BCUT2D eigenvalue weighted by Gasteiger charge is 2.85. The Morgan fingerprint density at radius 1 is 0.911 bits per heavy atom. The SMILES string of the molecule is COCCNCCC[C@]12CCC[C@@H]1[C@H]1CC[C@@H]3[C@@]4(C)CC[C@H](OC(=O)CC(C)(C)C(=O)O)[C@@]5(C)C#[N+][C@]54CC[C@@]3(C)[C@]1(C)CC2. The van der Waals surface area contributed by atoms with Gasteiger partial charge in [0.1, 0.15) is 6.10 Å². The van der Waals surface area contributed by atoms with E-state index in [2.05, 4.69) is 39.1 Å². The first-order valence-corrected chi connectivity index (χ1v) is 18.3. The number of nitrogens with zero attached hydrogens (tertiary/aromatic N) is 1. The van der Waals surface area contributed by atoms with Gasteiger partial charge in [-0.15, -0.1) is 0 Å². The summed E-state index contributed by atoms with van der Waals surface area (Å²) in [5.74, 6) is 0.877. The number of fused-ring (bicyclic) bond motifs is 6. The lowest BCUT2D eigenvalue weighted by Gasteiger charge is -2.72. The Morgan fingerprint density at radius 3 is 2.36 bits per heavy atom. The zero-order valence-electron chi connectivity index (χ0n) is 29.4. The summed E-state index contributed by atoms with van der Waals surface area (Å²) in [5, 5.41) is 13.2. The number of ether oxygens (including phenoxy) is 2. The van der Waals surface area contributed by atoms with E-state index >= 15 is 0 Å². The Kier molecular flexibility index (Phi) is 8.29. The number of hydrogen-bond acceptors (Lipinski definition) is 5. The van der Waals surface area contributed by atoms with Crippen LogP contribution in [0.15, 0.2) is 0 Å². The van der Waals surface area contributed by atoms with Gasteiger partial charge in [0.2, 0.25) is 5.41 Å². The molecule has 0 unspecified atom stereocenters. The summed E-state index contributed by atoms with van der Waals surface area (Å²) in [5.41, 5.74) is -0.640. The van der Waals surface area contributed by atoms with E-state index < -0.39 is 22.8 Å². The van der Waals surface area contributed by atoms with Crippen LogP contribution >= 0.6 is 0 Å². The van der Waals surface area contributed by atoms with Crippen LogP contribution in [-0.2, 0) is 19.1 Å². The van der Waals surface area contributed by atoms with Gasteiger partial charge in [-0.25, -0.2) is 0 Å². The molecule has 6 aliphatic rings. The zero-order valence-corrected chi connectivity index (χ0v) is 29.4. The van der Waals surface area contributed by atoms with E-state index in [1.54, 1.807) is 21.0 Å². The van der Waals surface area contributed by atoms with Gasteiger partial charge in [0.25, 0.3) is 6.07 Å². The van der Waals surface area contributed by atoms with Crippen LogP contribution in [0, 0.1) is 56.3 Å². The Balaban J connectivity index is 1.20. The molecule has 5 aliphatic carbocycles. The number of rotatable bonds is 11. The first-order valence-electron chi connectivity index (χ1n) is 18.3. The second-order valence-electron chi connectivity index (χ2n) is 17.9. The lowest BCUT2D eigenvalue weighted by Crippen LogP contribution is -2.75. The molecule has 0 aromatic carbocycles. The smallest absolute Gasteiger partial charge is 0.312 e. The van der Waals surface area contributed by atoms with Gasteiger partial charge in [-0.3, -0.25) is 9.59 Å². The molecule has 0 radical (unpaired) electrons. The van der Waals surface area contributed by atoms with Crippen molar-refractivity contribution in [3.63, 3.8) is 0 Å². The molecule has 0 bridgehead atoms. The molecule has 1 heterocycles. The van der Waals surface area contributed by atoms with Crippen LogP contribution in [0.4, 0.5) is 0 Å². The third-order valence-electron chi connectivity index (χ3n) is 15.8. The number of hydrogen-bond donors (Lipinski definition) is 2. The maximum atomic E-state index is 13.1. The van der Waals surface area contributed by atoms with Crippen molar-refractivity contribution in [2.75, 3.05) is 26.8 Å². The third-order valence-corrected chi connectivity index (χ3v) is 15.8. The molecule has 0 amide bonds. The standard InChI is InChI=1S/C38H60N2O5/c1-32(2,31(42)43)24-30(41)45-29-13-16-35(5)28-12-11-26-27-10-8-14-37(27,15-9-21-39-22-23-44-7)19-17-33(26,3)34(28,4)18-20-38(35)36(29,6)25-40-38/h26-29,39H,8-24H2,1-7H3/p+1/t26-,27-,28+,29+,33-,34-,35-,36-,37+,38+/m1/s1. The normalized spacial score (nSPS) is 46.2. The molecular weight excluding hydrogens is 564 g/mol. The number of carbonyl (C=O) groups excluding carboxylic acids is 1. The van der Waals surface area contributed by atoms with E-state index in [4.69, 9.17) is 14.3 Å². The summed E-state index contributed by atoms with van der Waals surface area (Å²) >= 11 is 0. The van der Waals surface area contributed by atoms with E-state index in [-0.39, 0.29) is 28.9 Å². The lowest BCUT2D eigenvalue weighted by atomic mass is 9.30. The van der Waals surface area contributed by atoms with Crippen molar-refractivity contribution in [1.29, 1.82) is 0 Å². The highest BCUT2D eigenvalue weighted by molar-refractivity contribution is 5.81. The zero-order chi connectivity index (χ0) is 32.5. The molecule has 0 aromatic rings. The van der Waals surface area contributed by atoms with Gasteiger partial charge in [-0.05, 0) is 132 Å². The third kappa shape index (κ3) is 4.61. The molecule has 252 valence electrons. The van der Waals surface area contributed by atoms with Crippen molar-refractivity contribution < 1.29 is 24.2 Å². The summed E-state index contributed by atoms with van der Waals surface area (Å²) in [4.78, 5) is 29.9. The Labute approximate surface area is 272 Å². The number of methoxy groups -OCH3 is 1. The molecule has 0 aromatic heterocycles. The second-order valence-corrected chi connectivity index (χ2v) is 17.9. The molecule has 6 rings (SSSR count). The summed E-state index contributed by atoms with van der Waals surface area (Å²) in [6, 6.07) is 3.44. The Hall–Kier alpha value is -1.65. The Bertz CT molecular complexity index is 1260. The summed E-state index contributed by atoms with van der Waals surface area (Å²) < 4.78 is 11.4.